The number of nitrogens with one attached hydrogen (secondary N) is 4. The number of hydrogen-bond acceptors (Lipinski definition) is 14. The van der Waals surface area contributed by atoms with Gasteiger partial charge >= 0.3 is 23.9 Å². The van der Waals surface area contributed by atoms with Crippen LogP contribution < -0.4 is 0 Å². The van der Waals surface area contributed by atoms with Gasteiger partial charge in [-0.15, -0.1) is 0 Å². The first kappa shape index (κ1) is 61.8. The van der Waals surface area contributed by atoms with Crippen molar-refractivity contribution in [1.82, 2.24) is 59.0 Å². The van der Waals surface area contributed by atoms with E-state index in [2.05, 4.69) is 79.9 Å². The zero-order chi connectivity index (χ0) is 64.9. The Morgan fingerprint density at radius 2 is 0.638 bits per heavy atom. The molecule has 0 radical (unpaired) electrons. The maximum atomic E-state index is 13.1. The minimum Gasteiger partial charge on any atom is -0.461 e. The van der Waals surface area contributed by atoms with Crippen molar-refractivity contribution < 1.29 is 38.1 Å². The highest BCUT2D eigenvalue weighted by atomic mass is 16.5. The fourth-order valence-corrected chi connectivity index (χ4v) is 11.3. The van der Waals surface area contributed by atoms with Crippen LogP contribution in [0.5, 0.6) is 0 Å². The van der Waals surface area contributed by atoms with Crippen molar-refractivity contribution in [3.8, 4) is 35.1 Å². The number of nitrogens with zero attached hydrogens (tertiary/aromatic N) is 8. The van der Waals surface area contributed by atoms with Gasteiger partial charge in [-0.2, -0.15) is 0 Å². The summed E-state index contributed by atoms with van der Waals surface area (Å²) in [5.74, 6) is 11.4. The highest BCUT2D eigenvalue weighted by Crippen LogP contribution is 2.32. The van der Waals surface area contributed by atoms with Crippen LogP contribution in [0, 0.1) is 23.7 Å². The van der Waals surface area contributed by atoms with Gasteiger partial charge in [0.05, 0.1) is 103 Å². The average Bonchev–Trinajstić information content (AvgIpc) is 1.64. The normalized spacial score (nSPS) is 11.7. The van der Waals surface area contributed by atoms with Gasteiger partial charge < -0.3 is 48.0 Å². The first-order chi connectivity index (χ1) is 46.1. The molecule has 4 aliphatic heterocycles. The molecular formula is C74H62N12O8. The summed E-state index contributed by atoms with van der Waals surface area (Å²) in [5.41, 5.74) is 15.4. The monoisotopic (exact) mass is 1250 g/mol. The number of esters is 4. The molecule has 0 aliphatic carbocycles. The van der Waals surface area contributed by atoms with E-state index in [9.17, 15) is 19.2 Å². The molecule has 20 heteroatoms. The van der Waals surface area contributed by atoms with E-state index < -0.39 is 23.9 Å². The third-order valence-corrected chi connectivity index (χ3v) is 15.6. The molecule has 8 aromatic rings. The summed E-state index contributed by atoms with van der Waals surface area (Å²) in [4.78, 5) is 96.7. The summed E-state index contributed by atoms with van der Waals surface area (Å²) in [7, 11) is 0. The molecule has 466 valence electrons. The Bertz CT molecular complexity index is 4440. The number of carbonyl (C=O) groups excluding carboxylic acids is 4. The smallest absolute Gasteiger partial charge is 0.306 e. The van der Waals surface area contributed by atoms with Crippen molar-refractivity contribution >= 4 is 117 Å². The van der Waals surface area contributed by atoms with Crippen molar-refractivity contribution in [2.45, 2.75) is 51.4 Å². The Hall–Kier alpha value is -12.4. The van der Waals surface area contributed by atoms with Crippen LogP contribution >= 0.6 is 0 Å². The van der Waals surface area contributed by atoms with Gasteiger partial charge in [-0.25, -0.2) is 29.9 Å². The summed E-state index contributed by atoms with van der Waals surface area (Å²) < 4.78 is 25.5. The lowest BCUT2D eigenvalue weighted by atomic mass is 10.1. The van der Waals surface area contributed by atoms with Crippen LogP contribution in [0.1, 0.15) is 105 Å². The van der Waals surface area contributed by atoms with Gasteiger partial charge in [0.1, 0.15) is 26.4 Å². The quantitative estimate of drug-likeness (QED) is 0.0213. The van der Waals surface area contributed by atoms with Crippen molar-refractivity contribution in [2.24, 2.45) is 0 Å². The number of ether oxygens (including phenoxy) is 4. The van der Waals surface area contributed by atoms with E-state index in [1.807, 2.05) is 119 Å². The van der Waals surface area contributed by atoms with Crippen LogP contribution in [0.15, 0.2) is 137 Å². The predicted molar refractivity (Wildman–Crippen MR) is 364 cm³/mol. The first-order valence-electron chi connectivity index (χ1n) is 30.4. The molecule has 12 rings (SSSR count). The van der Waals surface area contributed by atoms with E-state index in [0.29, 0.717) is 78.7 Å². The molecule has 8 aromatic heterocycles. The lowest BCUT2D eigenvalue weighted by molar-refractivity contribution is -0.143. The molecule has 94 heavy (non-hydrogen) atoms. The predicted octanol–water partition coefficient (Wildman–Crippen LogP) is 12.0. The Morgan fingerprint density at radius 1 is 0.383 bits per heavy atom. The van der Waals surface area contributed by atoms with Crippen molar-refractivity contribution in [2.75, 3.05) is 26.4 Å². The number of carbonyl (C=O) groups is 4. The zero-order valence-electron chi connectivity index (χ0n) is 51.2. The van der Waals surface area contributed by atoms with Crippen LogP contribution in [0.3, 0.4) is 0 Å². The number of aryl methyl sites for hydroxylation is 4. The highest BCUT2D eigenvalue weighted by molar-refractivity contribution is 5.90. The third kappa shape index (κ3) is 13.8. The topological polar surface area (TPSA) is 256 Å². The van der Waals surface area contributed by atoms with Gasteiger partial charge in [0.2, 0.25) is 0 Å². The number of hydrogen-bond donors (Lipinski definition) is 4. The van der Waals surface area contributed by atoms with E-state index >= 15 is 0 Å². The van der Waals surface area contributed by atoms with E-state index in [1.165, 1.54) is 24.3 Å². The Morgan fingerprint density at radius 3 is 0.883 bits per heavy atom. The standard InChI is InChI=1S/C74H62N12O8/c1-5-41-91-69(87)33-13-49-57-21-17-53(77-57)47(54-18-22-58(78-54)50(14-34-70(88)92-42-6-2)62-26-30-66(82-62)73(85-39-37-75-45-85)65-29-25-61(49)81-65)11-9-10-12-48-55-19-23-59(79-55)51(15-35-71(89)93-43-7-3)63-27-31-67(83-63)74(86-40-38-76-46-86)68-32-28-64(84-68)52(60-24-20-56(48)80-60)16-36-72(90)94-44-8-4/h5-8,17-32,37-40,45-46,81-84H,1-4,13-16,33-36,41-44H2. The molecule has 20 nitrogen and oxygen atoms in total. The largest absolute Gasteiger partial charge is 0.461 e. The number of H-pyrrole nitrogens is 4. The minimum absolute atomic E-state index is 0.0516. The lowest BCUT2D eigenvalue weighted by Crippen LogP contribution is -2.06. The second-order valence-electron chi connectivity index (χ2n) is 21.7. The molecule has 0 aromatic carbocycles. The van der Waals surface area contributed by atoms with Crippen LogP contribution in [0.25, 0.3) is 104 Å². The van der Waals surface area contributed by atoms with Crippen molar-refractivity contribution in [3.05, 3.63) is 216 Å². The van der Waals surface area contributed by atoms with Crippen LogP contribution in [0.2, 0.25) is 0 Å². The molecule has 0 amide bonds. The van der Waals surface area contributed by atoms with E-state index in [1.54, 1.807) is 25.0 Å². The molecular weight excluding hydrogens is 1180 g/mol. The molecule has 0 unspecified atom stereocenters. The van der Waals surface area contributed by atoms with E-state index in [4.69, 9.17) is 38.9 Å². The lowest BCUT2D eigenvalue weighted by Gasteiger charge is -2.06. The molecule has 4 aliphatic rings. The summed E-state index contributed by atoms with van der Waals surface area (Å²) in [6.07, 6.45) is 32.9. The molecule has 4 N–H and O–H groups in total. The summed E-state index contributed by atoms with van der Waals surface area (Å²) >= 11 is 0. The molecule has 0 saturated heterocycles. The number of fused-ring (bicyclic) bond motifs is 16. The van der Waals surface area contributed by atoms with Gasteiger partial charge in [0, 0.05) is 94.8 Å². The van der Waals surface area contributed by atoms with Gasteiger partial charge in [0.15, 0.2) is 0 Å². The fourth-order valence-electron chi connectivity index (χ4n) is 11.3. The molecule has 0 spiro atoms. The van der Waals surface area contributed by atoms with Gasteiger partial charge in [-0.3, -0.25) is 19.2 Å². The third-order valence-electron chi connectivity index (χ3n) is 15.6. The summed E-state index contributed by atoms with van der Waals surface area (Å²) in [6.45, 7) is 15.1. The maximum absolute atomic E-state index is 13.1. The molecule has 12 heterocycles. The van der Waals surface area contributed by atoms with Crippen LogP contribution in [-0.4, -0.2) is 109 Å². The summed E-state index contributed by atoms with van der Waals surface area (Å²) in [5, 5.41) is 0. The zero-order valence-corrected chi connectivity index (χ0v) is 51.2. The Kier molecular flexibility index (Phi) is 18.8. The molecule has 16 bridgehead atoms. The van der Waals surface area contributed by atoms with Gasteiger partial charge in [-0.1, -0.05) is 50.6 Å². The Labute approximate surface area is 539 Å². The van der Waals surface area contributed by atoms with E-state index in [0.717, 1.165) is 55.7 Å². The van der Waals surface area contributed by atoms with E-state index in [-0.39, 0.29) is 77.8 Å². The van der Waals surface area contributed by atoms with Gasteiger partial charge in [0.25, 0.3) is 0 Å². The van der Waals surface area contributed by atoms with Crippen molar-refractivity contribution in [1.29, 1.82) is 0 Å². The van der Waals surface area contributed by atoms with Crippen LogP contribution in [0.4, 0.5) is 0 Å². The first-order valence-corrected chi connectivity index (χ1v) is 30.4. The average molecular weight is 1250 g/mol. The fraction of sp³-hybridized carbons (Fsp3) is 0.162. The highest BCUT2D eigenvalue weighted by Gasteiger charge is 2.22. The SMILES string of the molecule is C=CCOC(=O)CCc1c2nc(c(C#CC#Cc3c4nc(c(CCC(=O)OCC=C)c5ccc([nH]5)c(-n5ccnc5)c5ccc([nH]5)c(CCC(=O)OCC=C)c5nc3C=C5)C=C4)c3nc(c(CCC(=O)OCC=C)c4ccc([nH]4)c(-n4ccnc4)c4ccc1[nH]4)C=C3)C=C2. The molecule has 0 atom stereocenters. The number of aromatic nitrogens is 12. The Balaban J connectivity index is 1.07. The number of imidazole rings is 2. The molecule has 0 fully saturated rings. The summed E-state index contributed by atoms with van der Waals surface area (Å²) in [6, 6.07) is 15.7. The second-order valence-corrected chi connectivity index (χ2v) is 21.7. The molecule has 0 saturated carbocycles. The number of rotatable bonds is 22. The minimum atomic E-state index is -0.399. The number of aromatic amines is 4. The van der Waals surface area contributed by atoms with Crippen LogP contribution in [-0.2, 0) is 63.8 Å². The second kappa shape index (κ2) is 28.6. The van der Waals surface area contributed by atoms with Gasteiger partial charge in [-0.05, 0) is 147 Å². The van der Waals surface area contributed by atoms with Crippen molar-refractivity contribution in [3.63, 3.8) is 0 Å². The maximum Gasteiger partial charge on any atom is 0.306 e.